The van der Waals surface area contributed by atoms with Crippen LogP contribution >= 0.6 is 40.7 Å². The van der Waals surface area contributed by atoms with Crippen LogP contribution in [0.5, 0.6) is 0 Å². The first kappa shape index (κ1) is 19.1. The van der Waals surface area contributed by atoms with Crippen LogP contribution in [0.4, 0.5) is 4.39 Å². The molecule has 0 aliphatic heterocycles. The van der Waals surface area contributed by atoms with E-state index in [9.17, 15) is 9.18 Å². The summed E-state index contributed by atoms with van der Waals surface area (Å²) >= 11 is 3.13. The predicted molar refractivity (Wildman–Crippen MR) is 83.2 cm³/mol. The van der Waals surface area contributed by atoms with Crippen LogP contribution in [0.2, 0.25) is 0 Å². The molecule has 1 aromatic carbocycles. The maximum absolute atomic E-state index is 13.7. The Labute approximate surface area is 135 Å². The molecule has 0 unspecified atom stereocenters. The Morgan fingerprint density at radius 2 is 2.15 bits per heavy atom. The molecule has 4 nitrogen and oxygen atoms in total. The van der Waals surface area contributed by atoms with E-state index >= 15 is 0 Å². The number of halogens is 4. The monoisotopic (exact) mass is 384 g/mol. The Morgan fingerprint density at radius 1 is 1.50 bits per heavy atom. The van der Waals surface area contributed by atoms with Gasteiger partial charge in [0.15, 0.2) is 0 Å². The molecule has 0 aliphatic rings. The molecule has 1 aromatic heterocycles. The summed E-state index contributed by atoms with van der Waals surface area (Å²) in [5.41, 5.74) is 6.47. The lowest BCUT2D eigenvalue weighted by Crippen LogP contribution is -2.32. The van der Waals surface area contributed by atoms with Gasteiger partial charge in [-0.25, -0.2) is 4.39 Å². The van der Waals surface area contributed by atoms with E-state index in [1.807, 2.05) is 0 Å². The van der Waals surface area contributed by atoms with Crippen molar-refractivity contribution in [3.8, 4) is 0 Å². The van der Waals surface area contributed by atoms with Crippen molar-refractivity contribution in [2.45, 2.75) is 12.5 Å². The SMILES string of the molecule is Cl.Cl.N[C@@H](Cc1cc(F)c(Br)c2ncccc12)C(=O)O. The van der Waals surface area contributed by atoms with Gasteiger partial charge >= 0.3 is 5.97 Å². The Kier molecular flexibility index (Phi) is 7.37. The van der Waals surface area contributed by atoms with Crippen molar-refractivity contribution in [2.75, 3.05) is 0 Å². The third kappa shape index (κ3) is 3.79. The summed E-state index contributed by atoms with van der Waals surface area (Å²) in [5, 5.41) is 9.49. The van der Waals surface area contributed by atoms with Gasteiger partial charge < -0.3 is 10.8 Å². The molecule has 0 saturated carbocycles. The zero-order valence-corrected chi connectivity index (χ0v) is 13.3. The van der Waals surface area contributed by atoms with Crippen molar-refractivity contribution in [3.63, 3.8) is 0 Å². The second-order valence-corrected chi connectivity index (χ2v) is 4.67. The second-order valence-electron chi connectivity index (χ2n) is 3.88. The van der Waals surface area contributed by atoms with Crippen molar-refractivity contribution < 1.29 is 14.3 Å². The average molecular weight is 386 g/mol. The van der Waals surface area contributed by atoms with Gasteiger partial charge in [0.2, 0.25) is 0 Å². The third-order valence-electron chi connectivity index (χ3n) is 2.63. The van der Waals surface area contributed by atoms with E-state index < -0.39 is 17.8 Å². The number of hydrogen-bond acceptors (Lipinski definition) is 3. The van der Waals surface area contributed by atoms with Crippen LogP contribution in [0, 0.1) is 5.82 Å². The molecule has 0 saturated heterocycles. The Morgan fingerprint density at radius 3 is 2.75 bits per heavy atom. The summed E-state index contributed by atoms with van der Waals surface area (Å²) in [6, 6.07) is 3.70. The lowest BCUT2D eigenvalue weighted by atomic mass is 10.0. The summed E-state index contributed by atoms with van der Waals surface area (Å²) in [5.74, 6) is -1.59. The molecule has 0 bridgehead atoms. The molecule has 0 radical (unpaired) electrons. The number of aromatic nitrogens is 1. The van der Waals surface area contributed by atoms with E-state index in [2.05, 4.69) is 20.9 Å². The van der Waals surface area contributed by atoms with Crippen molar-refractivity contribution in [1.29, 1.82) is 0 Å². The van der Waals surface area contributed by atoms with Gasteiger partial charge in [-0.05, 0) is 40.0 Å². The summed E-state index contributed by atoms with van der Waals surface area (Å²) in [6.45, 7) is 0. The van der Waals surface area contributed by atoms with Crippen LogP contribution in [0.3, 0.4) is 0 Å². The van der Waals surface area contributed by atoms with E-state index in [-0.39, 0.29) is 35.7 Å². The topological polar surface area (TPSA) is 76.2 Å². The zero-order chi connectivity index (χ0) is 13.3. The number of fused-ring (bicyclic) bond motifs is 1. The number of benzene rings is 1. The van der Waals surface area contributed by atoms with Crippen molar-refractivity contribution in [2.24, 2.45) is 5.73 Å². The number of hydrogen-bond donors (Lipinski definition) is 2. The van der Waals surface area contributed by atoms with E-state index in [4.69, 9.17) is 10.8 Å². The summed E-state index contributed by atoms with van der Waals surface area (Å²) in [4.78, 5) is 14.8. The highest BCUT2D eigenvalue weighted by molar-refractivity contribution is 9.10. The maximum atomic E-state index is 13.7. The lowest BCUT2D eigenvalue weighted by molar-refractivity contribution is -0.138. The van der Waals surface area contributed by atoms with E-state index in [1.54, 1.807) is 18.3 Å². The summed E-state index contributed by atoms with van der Waals surface area (Å²) < 4.78 is 14.0. The molecular weight excluding hydrogens is 374 g/mol. The third-order valence-corrected chi connectivity index (χ3v) is 3.38. The smallest absolute Gasteiger partial charge is 0.320 e. The van der Waals surface area contributed by atoms with E-state index in [0.717, 1.165) is 0 Å². The number of aliphatic carboxylic acids is 1. The fourth-order valence-corrected chi connectivity index (χ4v) is 2.17. The Hall–Kier alpha value is -0.950. The average Bonchev–Trinajstić information content (AvgIpc) is 2.35. The molecule has 0 fully saturated rings. The number of pyridine rings is 1. The standard InChI is InChI=1S/C12H10BrFN2O2.2ClH/c13-10-8(14)4-6(5-9(15)12(17)18)7-2-1-3-16-11(7)10;;/h1-4,9H,5,15H2,(H,17,18);2*1H/t9-;;/m0../s1. The second kappa shape index (κ2) is 7.73. The summed E-state index contributed by atoms with van der Waals surface area (Å²) in [7, 11) is 0. The van der Waals surface area contributed by atoms with Crippen LogP contribution in [-0.2, 0) is 11.2 Å². The lowest BCUT2D eigenvalue weighted by Gasteiger charge is -2.11. The highest BCUT2D eigenvalue weighted by atomic mass is 79.9. The quantitative estimate of drug-likeness (QED) is 0.851. The van der Waals surface area contributed by atoms with Crippen LogP contribution in [0.15, 0.2) is 28.9 Å². The van der Waals surface area contributed by atoms with Gasteiger partial charge in [0.1, 0.15) is 11.9 Å². The number of nitrogens with two attached hydrogens (primary N) is 1. The predicted octanol–water partition coefficient (Wildman–Crippen LogP) is 2.93. The van der Waals surface area contributed by atoms with Gasteiger partial charge in [-0.2, -0.15) is 0 Å². The Bertz CT molecular complexity index is 628. The minimum absolute atomic E-state index is 0. The van der Waals surface area contributed by atoms with Gasteiger partial charge in [-0.1, -0.05) is 6.07 Å². The van der Waals surface area contributed by atoms with Gasteiger partial charge in [0.25, 0.3) is 0 Å². The normalized spacial score (nSPS) is 11.3. The van der Waals surface area contributed by atoms with Gasteiger partial charge in [-0.3, -0.25) is 9.78 Å². The molecule has 1 heterocycles. The first-order valence-corrected chi connectivity index (χ1v) is 6.00. The van der Waals surface area contributed by atoms with Crippen LogP contribution < -0.4 is 5.73 Å². The molecule has 110 valence electrons. The molecule has 2 aromatic rings. The molecule has 0 aliphatic carbocycles. The van der Waals surface area contributed by atoms with E-state index in [1.165, 1.54) is 6.07 Å². The molecule has 0 spiro atoms. The van der Waals surface area contributed by atoms with Crippen molar-refractivity contribution in [3.05, 3.63) is 40.2 Å². The molecule has 1 atom stereocenters. The van der Waals surface area contributed by atoms with Crippen LogP contribution in [-0.4, -0.2) is 22.1 Å². The molecular formula is C12H12BrCl2FN2O2. The number of carboxylic acids is 1. The molecule has 3 N–H and O–H groups in total. The number of nitrogens with zero attached hydrogens (tertiary/aromatic N) is 1. The minimum atomic E-state index is -1.12. The van der Waals surface area contributed by atoms with Gasteiger partial charge in [-0.15, -0.1) is 24.8 Å². The molecule has 8 heteroatoms. The van der Waals surface area contributed by atoms with E-state index in [0.29, 0.717) is 16.5 Å². The number of carboxylic acid groups (broad SMARTS) is 1. The first-order valence-electron chi connectivity index (χ1n) is 5.20. The van der Waals surface area contributed by atoms with Gasteiger partial charge in [0, 0.05) is 11.6 Å². The zero-order valence-electron chi connectivity index (χ0n) is 10.0. The highest BCUT2D eigenvalue weighted by Gasteiger charge is 2.17. The maximum Gasteiger partial charge on any atom is 0.320 e. The summed E-state index contributed by atoms with van der Waals surface area (Å²) in [6.07, 6.45) is 1.61. The molecule has 2 rings (SSSR count). The fraction of sp³-hybridized carbons (Fsp3) is 0.167. The van der Waals surface area contributed by atoms with Crippen molar-refractivity contribution >= 4 is 57.6 Å². The van der Waals surface area contributed by atoms with Crippen molar-refractivity contribution in [1.82, 2.24) is 4.98 Å². The minimum Gasteiger partial charge on any atom is -0.480 e. The van der Waals surface area contributed by atoms with Gasteiger partial charge in [0.05, 0.1) is 9.99 Å². The fourth-order valence-electron chi connectivity index (χ4n) is 1.74. The molecule has 20 heavy (non-hydrogen) atoms. The first-order chi connectivity index (χ1) is 8.50. The number of carbonyl (C=O) groups is 1. The van der Waals surface area contributed by atoms with Crippen LogP contribution in [0.25, 0.3) is 10.9 Å². The number of rotatable bonds is 3. The van der Waals surface area contributed by atoms with Crippen LogP contribution in [0.1, 0.15) is 5.56 Å². The highest BCUT2D eigenvalue weighted by Crippen LogP contribution is 2.28. The molecule has 0 amide bonds. The largest absolute Gasteiger partial charge is 0.480 e. The Balaban J connectivity index is 0.00000180.